The van der Waals surface area contributed by atoms with Crippen molar-refractivity contribution in [2.24, 2.45) is 0 Å². The van der Waals surface area contributed by atoms with Crippen LogP contribution in [0.25, 0.3) is 0 Å². The van der Waals surface area contributed by atoms with E-state index < -0.39 is 0 Å². The molecule has 3 nitrogen and oxygen atoms in total. The number of carbonyl (C=O) groups is 1. The zero-order valence-electron chi connectivity index (χ0n) is 6.69. The molecule has 0 aliphatic rings. The van der Waals surface area contributed by atoms with E-state index in [1.807, 2.05) is 30.3 Å². The fraction of sp³-hybridized carbons (Fsp3) is 0.222. The molecule has 64 valence electrons. The minimum Gasteiger partial charge on any atom is -0.303 e. The molecule has 0 amide bonds. The van der Waals surface area contributed by atoms with E-state index in [9.17, 15) is 4.79 Å². The van der Waals surface area contributed by atoms with Gasteiger partial charge in [0, 0.05) is 6.42 Å². The molecule has 0 fully saturated rings. The minimum atomic E-state index is 0.401. The molecule has 3 heteroatoms. The number of rotatable bonds is 5. The molecule has 0 spiro atoms. The van der Waals surface area contributed by atoms with Crippen LogP contribution in [0.15, 0.2) is 30.3 Å². The van der Waals surface area contributed by atoms with Crippen molar-refractivity contribution in [3.05, 3.63) is 30.3 Å². The lowest BCUT2D eigenvalue weighted by Gasteiger charge is -2.03. The zero-order chi connectivity index (χ0) is 8.65. The van der Waals surface area contributed by atoms with E-state index in [1.165, 1.54) is 0 Å². The van der Waals surface area contributed by atoms with Crippen LogP contribution >= 0.6 is 0 Å². The summed E-state index contributed by atoms with van der Waals surface area (Å²) in [6.07, 6.45) is 1.24. The van der Waals surface area contributed by atoms with Crippen molar-refractivity contribution in [3.63, 3.8) is 0 Å². The smallest absolute Gasteiger partial charge is 0.122 e. The average Bonchev–Trinajstić information content (AvgIpc) is 2.14. The molecule has 0 aromatic heterocycles. The molecule has 0 unspecified atom stereocenters. The first-order valence-electron chi connectivity index (χ1n) is 3.80. The van der Waals surface area contributed by atoms with Gasteiger partial charge in [0.05, 0.1) is 12.3 Å². The van der Waals surface area contributed by atoms with Crippen LogP contribution < -0.4 is 5.48 Å². The van der Waals surface area contributed by atoms with Crippen molar-refractivity contribution in [1.29, 1.82) is 0 Å². The summed E-state index contributed by atoms with van der Waals surface area (Å²) in [5.74, 6) is 0. The van der Waals surface area contributed by atoms with Crippen molar-refractivity contribution >= 4 is 12.0 Å². The van der Waals surface area contributed by atoms with Gasteiger partial charge in [0.2, 0.25) is 0 Å². The molecule has 0 saturated heterocycles. The van der Waals surface area contributed by atoms with Gasteiger partial charge < -0.3 is 4.79 Å². The maximum atomic E-state index is 9.91. The quantitative estimate of drug-likeness (QED) is 0.409. The van der Waals surface area contributed by atoms with E-state index in [-0.39, 0.29) is 0 Å². The Morgan fingerprint density at radius 3 is 2.75 bits per heavy atom. The van der Waals surface area contributed by atoms with Crippen molar-refractivity contribution in [1.82, 2.24) is 0 Å². The highest BCUT2D eigenvalue weighted by atomic mass is 16.6. The number of benzene rings is 1. The molecule has 0 saturated carbocycles. The predicted molar refractivity (Wildman–Crippen MR) is 46.7 cm³/mol. The number of carbonyl (C=O) groups excluding carboxylic acids is 1. The molecule has 0 radical (unpaired) electrons. The van der Waals surface area contributed by atoms with Gasteiger partial charge in [-0.25, -0.2) is 0 Å². The van der Waals surface area contributed by atoms with Crippen LogP contribution in [0.3, 0.4) is 0 Å². The standard InChI is InChI=1S/C9H11NO2/c11-7-4-8-12-10-9-5-2-1-3-6-9/h1-3,5-7,10H,4,8H2. The van der Waals surface area contributed by atoms with E-state index >= 15 is 0 Å². The molecule has 0 heterocycles. The molecule has 1 aromatic carbocycles. The molecule has 0 bridgehead atoms. The summed E-state index contributed by atoms with van der Waals surface area (Å²) < 4.78 is 0. The van der Waals surface area contributed by atoms with Gasteiger partial charge in [-0.1, -0.05) is 18.2 Å². The van der Waals surface area contributed by atoms with Crippen LogP contribution in [0.5, 0.6) is 0 Å². The van der Waals surface area contributed by atoms with Gasteiger partial charge in [0.1, 0.15) is 6.29 Å². The first-order valence-corrected chi connectivity index (χ1v) is 3.80. The molecule has 1 N–H and O–H groups in total. The third-order valence-electron chi connectivity index (χ3n) is 1.30. The monoisotopic (exact) mass is 165 g/mol. The maximum Gasteiger partial charge on any atom is 0.122 e. The summed E-state index contributed by atoms with van der Waals surface area (Å²) in [6, 6.07) is 9.52. The molecule has 1 aromatic rings. The fourth-order valence-electron chi connectivity index (χ4n) is 0.748. The van der Waals surface area contributed by atoms with Crippen LogP contribution in [0.2, 0.25) is 0 Å². The third-order valence-corrected chi connectivity index (χ3v) is 1.30. The summed E-state index contributed by atoms with van der Waals surface area (Å²) in [6.45, 7) is 0.401. The lowest BCUT2D eigenvalue weighted by Crippen LogP contribution is -2.02. The molecule has 1 rings (SSSR count). The van der Waals surface area contributed by atoms with Gasteiger partial charge in [0.15, 0.2) is 0 Å². The minimum absolute atomic E-state index is 0.401. The largest absolute Gasteiger partial charge is 0.303 e. The van der Waals surface area contributed by atoms with E-state index in [2.05, 4.69) is 5.48 Å². The highest BCUT2D eigenvalue weighted by Gasteiger charge is 1.87. The lowest BCUT2D eigenvalue weighted by molar-refractivity contribution is -0.108. The van der Waals surface area contributed by atoms with Gasteiger partial charge >= 0.3 is 0 Å². The second kappa shape index (κ2) is 5.32. The van der Waals surface area contributed by atoms with Gasteiger partial charge in [-0.2, -0.15) is 0 Å². The van der Waals surface area contributed by atoms with Gasteiger partial charge in [0.25, 0.3) is 0 Å². The van der Waals surface area contributed by atoms with Crippen molar-refractivity contribution in [3.8, 4) is 0 Å². The Bertz CT molecular complexity index is 223. The Hall–Kier alpha value is -1.35. The predicted octanol–water partition coefficient (Wildman–Crippen LogP) is 1.62. The van der Waals surface area contributed by atoms with Crippen LogP contribution in [0.1, 0.15) is 6.42 Å². The number of anilines is 1. The van der Waals surface area contributed by atoms with Gasteiger partial charge in [-0.3, -0.25) is 10.3 Å². The number of para-hydroxylation sites is 1. The summed E-state index contributed by atoms with van der Waals surface area (Å²) in [7, 11) is 0. The fourth-order valence-corrected chi connectivity index (χ4v) is 0.748. The van der Waals surface area contributed by atoms with Gasteiger partial charge in [-0.15, -0.1) is 0 Å². The summed E-state index contributed by atoms with van der Waals surface area (Å²) >= 11 is 0. The normalized spacial score (nSPS) is 9.33. The molecular formula is C9H11NO2. The molecule has 0 aliphatic carbocycles. The maximum absolute atomic E-state index is 9.91. The first-order chi connectivity index (χ1) is 5.93. The second-order valence-electron chi connectivity index (χ2n) is 2.27. The highest BCUT2D eigenvalue weighted by Crippen LogP contribution is 2.04. The van der Waals surface area contributed by atoms with E-state index in [0.29, 0.717) is 13.0 Å². The summed E-state index contributed by atoms with van der Waals surface area (Å²) in [5.41, 5.74) is 3.61. The molecular weight excluding hydrogens is 154 g/mol. The second-order valence-corrected chi connectivity index (χ2v) is 2.27. The number of nitrogens with one attached hydrogen (secondary N) is 1. The van der Waals surface area contributed by atoms with E-state index in [0.717, 1.165) is 12.0 Å². The first kappa shape index (κ1) is 8.74. The molecule has 0 atom stereocenters. The Morgan fingerprint density at radius 2 is 2.08 bits per heavy atom. The SMILES string of the molecule is O=CCCONc1ccccc1. The van der Waals surface area contributed by atoms with Crippen LogP contribution in [0, 0.1) is 0 Å². The Morgan fingerprint density at radius 1 is 1.33 bits per heavy atom. The third kappa shape index (κ3) is 3.16. The van der Waals surface area contributed by atoms with Crippen LogP contribution in [0.4, 0.5) is 5.69 Å². The summed E-state index contributed by atoms with van der Waals surface area (Å²) in [5, 5.41) is 0. The Labute approximate surface area is 71.3 Å². The number of aldehydes is 1. The molecule has 12 heavy (non-hydrogen) atoms. The highest BCUT2D eigenvalue weighted by molar-refractivity contribution is 5.49. The number of hydrogen-bond donors (Lipinski definition) is 1. The van der Waals surface area contributed by atoms with Crippen molar-refractivity contribution < 1.29 is 9.63 Å². The van der Waals surface area contributed by atoms with Crippen LogP contribution in [-0.2, 0) is 9.63 Å². The molecule has 0 aliphatic heterocycles. The van der Waals surface area contributed by atoms with E-state index in [4.69, 9.17) is 4.84 Å². The number of hydrogen-bond acceptors (Lipinski definition) is 3. The Kier molecular flexibility index (Phi) is 3.88. The topological polar surface area (TPSA) is 38.3 Å². The Balaban J connectivity index is 2.20. The van der Waals surface area contributed by atoms with Gasteiger partial charge in [-0.05, 0) is 12.1 Å². The zero-order valence-corrected chi connectivity index (χ0v) is 6.69. The van der Waals surface area contributed by atoms with Crippen LogP contribution in [-0.4, -0.2) is 12.9 Å². The summed E-state index contributed by atoms with van der Waals surface area (Å²) in [4.78, 5) is 14.9. The lowest BCUT2D eigenvalue weighted by atomic mass is 10.3. The van der Waals surface area contributed by atoms with Crippen molar-refractivity contribution in [2.45, 2.75) is 6.42 Å². The van der Waals surface area contributed by atoms with E-state index in [1.54, 1.807) is 0 Å². The van der Waals surface area contributed by atoms with Crippen molar-refractivity contribution in [2.75, 3.05) is 12.1 Å². The average molecular weight is 165 g/mol.